The first-order valence-corrected chi connectivity index (χ1v) is 8.09. The number of hydrogen-bond donors (Lipinski definition) is 1. The van der Waals surface area contributed by atoms with Gasteiger partial charge < -0.3 is 4.74 Å². The molecule has 0 radical (unpaired) electrons. The monoisotopic (exact) mass is 359 g/mol. The Morgan fingerprint density at radius 1 is 1.40 bits per heavy atom. The molecule has 0 amide bonds. The third-order valence-electron chi connectivity index (χ3n) is 2.54. The molecule has 1 heterocycles. The molecule has 0 bridgehead atoms. The number of halogens is 1. The zero-order valence-electron chi connectivity index (χ0n) is 10.8. The van der Waals surface area contributed by atoms with Crippen LogP contribution in [0.2, 0.25) is 0 Å². The molecule has 0 aliphatic carbocycles. The molecule has 108 valence electrons. The van der Waals surface area contributed by atoms with E-state index in [0.717, 1.165) is 0 Å². The van der Waals surface area contributed by atoms with Gasteiger partial charge in [0.25, 0.3) is 10.0 Å². The molecule has 1 N–H and O–H groups in total. The first kappa shape index (κ1) is 15.0. The van der Waals surface area contributed by atoms with Crippen molar-refractivity contribution in [2.45, 2.75) is 11.4 Å². The maximum atomic E-state index is 12.2. The van der Waals surface area contributed by atoms with Gasteiger partial charge in [0, 0.05) is 17.8 Å². The van der Waals surface area contributed by atoms with Crippen LogP contribution in [-0.2, 0) is 21.3 Å². The Bertz CT molecular complexity index is 685. The zero-order chi connectivity index (χ0) is 14.6. The lowest BCUT2D eigenvalue weighted by Crippen LogP contribution is -2.13. The number of ether oxygens (including phenoxy) is 1. The Labute approximate surface area is 125 Å². The first-order valence-electron chi connectivity index (χ1n) is 5.81. The number of benzene rings is 1. The lowest BCUT2D eigenvalue weighted by Gasteiger charge is -2.07. The van der Waals surface area contributed by atoms with E-state index in [1.54, 1.807) is 36.2 Å². The Hall–Kier alpha value is -1.38. The largest absolute Gasteiger partial charge is 0.383 e. The first-order chi connectivity index (χ1) is 9.53. The fourth-order valence-corrected chi connectivity index (χ4v) is 3.63. The highest BCUT2D eigenvalue weighted by Crippen LogP contribution is 2.23. The highest BCUT2D eigenvalue weighted by molar-refractivity contribution is 9.10. The van der Waals surface area contributed by atoms with Gasteiger partial charge in [0.15, 0.2) is 0 Å². The van der Waals surface area contributed by atoms with Crippen molar-refractivity contribution in [1.82, 2.24) is 9.78 Å². The van der Waals surface area contributed by atoms with Crippen molar-refractivity contribution in [3.8, 4) is 0 Å². The predicted molar refractivity (Wildman–Crippen MR) is 79.1 cm³/mol. The SMILES string of the molecule is COCCn1cc(NS(=O)(=O)c2ccccc2Br)cn1. The molecule has 6 nitrogen and oxygen atoms in total. The van der Waals surface area contributed by atoms with Gasteiger partial charge in [0.2, 0.25) is 0 Å². The average molecular weight is 360 g/mol. The standard InChI is InChI=1S/C12H14BrN3O3S/c1-19-7-6-16-9-10(8-14-16)15-20(17,18)12-5-3-2-4-11(12)13/h2-5,8-9,15H,6-7H2,1H3. The fraction of sp³-hybridized carbons (Fsp3) is 0.250. The van der Waals surface area contributed by atoms with Crippen molar-refractivity contribution in [3.63, 3.8) is 0 Å². The van der Waals surface area contributed by atoms with Crippen LogP contribution >= 0.6 is 15.9 Å². The molecule has 1 aromatic heterocycles. The summed E-state index contributed by atoms with van der Waals surface area (Å²) in [5.41, 5.74) is 0.414. The molecule has 1 aromatic carbocycles. The Balaban J connectivity index is 2.16. The summed E-state index contributed by atoms with van der Waals surface area (Å²) in [6.45, 7) is 1.07. The number of sulfonamides is 1. The van der Waals surface area contributed by atoms with Crippen LogP contribution in [0.1, 0.15) is 0 Å². The summed E-state index contributed by atoms with van der Waals surface area (Å²) in [5.74, 6) is 0. The molecule has 0 atom stereocenters. The van der Waals surface area contributed by atoms with Gasteiger partial charge >= 0.3 is 0 Å². The lowest BCUT2D eigenvalue weighted by molar-refractivity contribution is 0.183. The molecule has 20 heavy (non-hydrogen) atoms. The van der Waals surface area contributed by atoms with Crippen LogP contribution in [-0.4, -0.2) is 31.9 Å². The van der Waals surface area contributed by atoms with Crippen LogP contribution in [0, 0.1) is 0 Å². The lowest BCUT2D eigenvalue weighted by atomic mass is 10.4. The molecule has 0 aliphatic rings. The van der Waals surface area contributed by atoms with E-state index in [0.29, 0.717) is 23.3 Å². The predicted octanol–water partition coefficient (Wildman–Crippen LogP) is 2.09. The smallest absolute Gasteiger partial charge is 0.263 e. The summed E-state index contributed by atoms with van der Waals surface area (Å²) in [6.07, 6.45) is 3.08. The second-order valence-corrected chi connectivity index (χ2v) is 6.53. The van der Waals surface area contributed by atoms with Gasteiger partial charge in [-0.1, -0.05) is 12.1 Å². The van der Waals surface area contributed by atoms with Crippen LogP contribution in [0.4, 0.5) is 5.69 Å². The maximum Gasteiger partial charge on any atom is 0.263 e. The van der Waals surface area contributed by atoms with E-state index in [1.165, 1.54) is 12.3 Å². The minimum Gasteiger partial charge on any atom is -0.383 e. The average Bonchev–Trinajstić information content (AvgIpc) is 2.83. The fourth-order valence-electron chi connectivity index (χ4n) is 1.60. The van der Waals surface area contributed by atoms with Crippen molar-refractivity contribution in [3.05, 3.63) is 41.1 Å². The summed E-state index contributed by atoms with van der Waals surface area (Å²) in [7, 11) is -2.04. The topological polar surface area (TPSA) is 73.2 Å². The highest BCUT2D eigenvalue weighted by Gasteiger charge is 2.17. The number of rotatable bonds is 6. The molecule has 0 saturated carbocycles. The summed E-state index contributed by atoms with van der Waals surface area (Å²) >= 11 is 3.23. The number of nitrogens with zero attached hydrogens (tertiary/aromatic N) is 2. The molecule has 8 heteroatoms. The molecular weight excluding hydrogens is 346 g/mol. The van der Waals surface area contributed by atoms with Crippen LogP contribution in [0.15, 0.2) is 46.0 Å². The molecule has 0 aliphatic heterocycles. The molecule has 0 saturated heterocycles. The van der Waals surface area contributed by atoms with Crippen LogP contribution in [0.5, 0.6) is 0 Å². The van der Waals surface area contributed by atoms with Crippen LogP contribution < -0.4 is 4.72 Å². The van der Waals surface area contributed by atoms with E-state index >= 15 is 0 Å². The van der Waals surface area contributed by atoms with Crippen molar-refractivity contribution < 1.29 is 13.2 Å². The van der Waals surface area contributed by atoms with Crippen LogP contribution in [0.3, 0.4) is 0 Å². The maximum absolute atomic E-state index is 12.2. The molecular formula is C12H14BrN3O3S. The van der Waals surface area contributed by atoms with Gasteiger partial charge in [-0.05, 0) is 28.1 Å². The third kappa shape index (κ3) is 3.59. The Morgan fingerprint density at radius 2 is 2.15 bits per heavy atom. The van der Waals surface area contributed by atoms with Gasteiger partial charge in [-0.3, -0.25) is 9.40 Å². The number of anilines is 1. The van der Waals surface area contributed by atoms with E-state index in [1.807, 2.05) is 0 Å². The Morgan fingerprint density at radius 3 is 2.85 bits per heavy atom. The minimum atomic E-state index is -3.63. The van der Waals surface area contributed by atoms with Gasteiger partial charge in [-0.15, -0.1) is 0 Å². The van der Waals surface area contributed by atoms with E-state index < -0.39 is 10.0 Å². The quantitative estimate of drug-likeness (QED) is 0.856. The summed E-state index contributed by atoms with van der Waals surface area (Å²) < 4.78 is 34.0. The summed E-state index contributed by atoms with van der Waals surface area (Å²) in [6, 6.07) is 6.63. The van der Waals surface area contributed by atoms with Crippen molar-refractivity contribution >= 4 is 31.6 Å². The molecule has 0 spiro atoms. The number of hydrogen-bond acceptors (Lipinski definition) is 4. The van der Waals surface area contributed by atoms with Gasteiger partial charge in [0.1, 0.15) is 4.90 Å². The van der Waals surface area contributed by atoms with E-state index in [2.05, 4.69) is 25.8 Å². The molecule has 2 aromatic rings. The van der Waals surface area contributed by atoms with Gasteiger partial charge in [-0.25, -0.2) is 8.42 Å². The Kier molecular flexibility index (Phi) is 4.79. The van der Waals surface area contributed by atoms with Crippen molar-refractivity contribution in [2.75, 3.05) is 18.4 Å². The minimum absolute atomic E-state index is 0.185. The number of aromatic nitrogens is 2. The highest BCUT2D eigenvalue weighted by atomic mass is 79.9. The van der Waals surface area contributed by atoms with Gasteiger partial charge in [-0.2, -0.15) is 5.10 Å². The van der Waals surface area contributed by atoms with Gasteiger partial charge in [0.05, 0.1) is 25.0 Å². The third-order valence-corrected chi connectivity index (χ3v) is 4.93. The van der Waals surface area contributed by atoms with E-state index in [4.69, 9.17) is 4.74 Å². The van der Waals surface area contributed by atoms with E-state index in [9.17, 15) is 8.42 Å². The molecule has 0 fully saturated rings. The molecule has 2 rings (SSSR count). The summed E-state index contributed by atoms with van der Waals surface area (Å²) in [5, 5.41) is 4.05. The number of nitrogens with one attached hydrogen (secondary N) is 1. The van der Waals surface area contributed by atoms with Crippen molar-refractivity contribution in [1.29, 1.82) is 0 Å². The second-order valence-electron chi connectivity index (χ2n) is 4.02. The second kappa shape index (κ2) is 6.38. The summed E-state index contributed by atoms with van der Waals surface area (Å²) in [4.78, 5) is 0.185. The number of methoxy groups -OCH3 is 1. The van der Waals surface area contributed by atoms with Crippen LogP contribution in [0.25, 0.3) is 0 Å². The van der Waals surface area contributed by atoms with Crippen molar-refractivity contribution in [2.24, 2.45) is 0 Å². The normalized spacial score (nSPS) is 11.5. The molecule has 0 unspecified atom stereocenters. The zero-order valence-corrected chi connectivity index (χ0v) is 13.2. The van der Waals surface area contributed by atoms with E-state index in [-0.39, 0.29) is 4.90 Å².